The molecule has 1 aliphatic rings. The van der Waals surface area contributed by atoms with Gasteiger partial charge in [0.2, 0.25) is 0 Å². The Morgan fingerprint density at radius 2 is 2.14 bits per heavy atom. The van der Waals surface area contributed by atoms with Crippen LogP contribution in [0.15, 0.2) is 28.9 Å². The number of hydrogen-bond acceptors (Lipinski definition) is 6. The van der Waals surface area contributed by atoms with Crippen LogP contribution in [0.3, 0.4) is 0 Å². The minimum Gasteiger partial charge on any atom is -0.490 e. The summed E-state index contributed by atoms with van der Waals surface area (Å²) in [6.07, 6.45) is 1.62. The zero-order valence-corrected chi connectivity index (χ0v) is 12.2. The smallest absolute Gasteiger partial charge is 0.367 e. The van der Waals surface area contributed by atoms with Gasteiger partial charge in [-0.25, -0.2) is 9.59 Å². The van der Waals surface area contributed by atoms with E-state index in [2.05, 4.69) is 9.99 Å². The summed E-state index contributed by atoms with van der Waals surface area (Å²) in [6.45, 7) is 3.41. The molecule has 1 aliphatic heterocycles. The van der Waals surface area contributed by atoms with Crippen molar-refractivity contribution < 1.29 is 29.0 Å². The van der Waals surface area contributed by atoms with Crippen molar-refractivity contribution in [2.45, 2.75) is 13.8 Å². The van der Waals surface area contributed by atoms with E-state index in [4.69, 9.17) is 14.6 Å². The van der Waals surface area contributed by atoms with Gasteiger partial charge in [-0.3, -0.25) is 0 Å². The monoisotopic (exact) mass is 305 g/mol. The third kappa shape index (κ3) is 3.63. The molecule has 0 spiro atoms. The number of carbonyl (C=O) groups excluding carboxylic acids is 1. The van der Waals surface area contributed by atoms with Crippen LogP contribution in [0.1, 0.15) is 19.4 Å². The van der Waals surface area contributed by atoms with Crippen LogP contribution in [0.25, 0.3) is 6.08 Å². The largest absolute Gasteiger partial charge is 0.490 e. The lowest BCUT2D eigenvalue weighted by Gasteiger charge is -2.11. The molecule has 0 saturated carbocycles. The average molecular weight is 305 g/mol. The Morgan fingerprint density at radius 1 is 1.36 bits per heavy atom. The normalized spacial score (nSPS) is 15.5. The number of nitrogens with zero attached hydrogens (tertiary/aromatic N) is 1. The number of benzene rings is 1. The highest BCUT2D eigenvalue weighted by atomic mass is 16.7. The lowest BCUT2D eigenvalue weighted by Crippen LogP contribution is -2.10. The van der Waals surface area contributed by atoms with Crippen LogP contribution in [0, 0.1) is 0 Å². The quantitative estimate of drug-likeness (QED) is 0.637. The Balaban J connectivity index is 2.29. The molecule has 0 saturated heterocycles. The van der Waals surface area contributed by atoms with Crippen LogP contribution < -0.4 is 9.47 Å². The van der Waals surface area contributed by atoms with Gasteiger partial charge in [0.1, 0.15) is 0 Å². The topological polar surface area (TPSA) is 94.4 Å². The second kappa shape index (κ2) is 6.75. The first-order valence-corrected chi connectivity index (χ1v) is 6.60. The number of hydrogen-bond donors (Lipinski definition) is 1. The van der Waals surface area contributed by atoms with E-state index >= 15 is 0 Å². The van der Waals surface area contributed by atoms with Crippen molar-refractivity contribution in [3.63, 3.8) is 0 Å². The Morgan fingerprint density at radius 3 is 2.73 bits per heavy atom. The first-order chi connectivity index (χ1) is 10.5. The van der Waals surface area contributed by atoms with Crippen molar-refractivity contribution in [1.82, 2.24) is 0 Å². The first-order valence-electron chi connectivity index (χ1n) is 6.60. The molecule has 0 radical (unpaired) electrons. The zero-order chi connectivity index (χ0) is 16.1. The van der Waals surface area contributed by atoms with Crippen molar-refractivity contribution in [1.29, 1.82) is 0 Å². The Hall–Kier alpha value is -2.83. The van der Waals surface area contributed by atoms with Crippen LogP contribution in [0.4, 0.5) is 0 Å². The number of oxime groups is 1. The third-order valence-corrected chi connectivity index (χ3v) is 2.80. The van der Waals surface area contributed by atoms with Crippen molar-refractivity contribution in [3.8, 4) is 11.5 Å². The van der Waals surface area contributed by atoms with E-state index in [1.807, 2.05) is 0 Å². The second-order valence-electron chi connectivity index (χ2n) is 4.44. The molecule has 7 heteroatoms. The van der Waals surface area contributed by atoms with Crippen molar-refractivity contribution in [3.05, 3.63) is 29.3 Å². The minimum atomic E-state index is -1.07. The van der Waals surface area contributed by atoms with Gasteiger partial charge in [-0.1, -0.05) is 11.2 Å². The highest BCUT2D eigenvalue weighted by molar-refractivity contribution is 6.24. The molecule has 0 atom stereocenters. The summed E-state index contributed by atoms with van der Waals surface area (Å²) in [7, 11) is 0. The average Bonchev–Trinajstić information content (AvgIpc) is 2.78. The summed E-state index contributed by atoms with van der Waals surface area (Å²) in [4.78, 5) is 26.7. The maximum Gasteiger partial charge on any atom is 0.367 e. The Bertz CT molecular complexity index is 662. The third-order valence-electron chi connectivity index (χ3n) is 2.80. The molecule has 116 valence electrons. The molecule has 0 unspecified atom stereocenters. The van der Waals surface area contributed by atoms with E-state index in [1.54, 1.807) is 38.1 Å². The first kappa shape index (κ1) is 15.6. The van der Waals surface area contributed by atoms with Crippen LogP contribution in [0.5, 0.6) is 11.5 Å². The number of ether oxygens (including phenoxy) is 2. The summed E-state index contributed by atoms with van der Waals surface area (Å²) in [5.41, 5.74) is 1.55. The van der Waals surface area contributed by atoms with E-state index in [0.29, 0.717) is 35.0 Å². The van der Waals surface area contributed by atoms with E-state index in [9.17, 15) is 9.59 Å². The lowest BCUT2D eigenvalue weighted by atomic mass is 10.1. The van der Waals surface area contributed by atoms with Gasteiger partial charge in [-0.05, 0) is 37.6 Å². The van der Waals surface area contributed by atoms with Gasteiger partial charge in [0.25, 0.3) is 0 Å². The predicted octanol–water partition coefficient (Wildman–Crippen LogP) is 1.86. The Kier molecular flexibility index (Phi) is 4.77. The molecule has 22 heavy (non-hydrogen) atoms. The van der Waals surface area contributed by atoms with Crippen molar-refractivity contribution in [2.24, 2.45) is 5.16 Å². The van der Waals surface area contributed by atoms with Crippen LogP contribution in [0.2, 0.25) is 0 Å². The summed E-state index contributed by atoms with van der Waals surface area (Å²) in [6, 6.07) is 4.94. The molecule has 0 aliphatic carbocycles. The summed E-state index contributed by atoms with van der Waals surface area (Å²) in [5.74, 6) is -0.860. The summed E-state index contributed by atoms with van der Waals surface area (Å²) in [5, 5.41) is 12.3. The molecule has 0 bridgehead atoms. The van der Waals surface area contributed by atoms with Crippen LogP contribution in [-0.4, -0.2) is 36.0 Å². The van der Waals surface area contributed by atoms with Gasteiger partial charge < -0.3 is 19.4 Å². The highest BCUT2D eigenvalue weighted by Crippen LogP contribution is 2.30. The maximum atomic E-state index is 11.5. The van der Waals surface area contributed by atoms with Crippen molar-refractivity contribution >= 4 is 23.7 Å². The summed E-state index contributed by atoms with van der Waals surface area (Å²) >= 11 is 0. The number of carboxylic acid groups (broad SMARTS) is 1. The SMILES string of the molecule is CCOc1cc(/C=C2\C(=O)ON=C2C)ccc1OCC(=O)O. The molecule has 1 heterocycles. The second-order valence-corrected chi connectivity index (χ2v) is 4.44. The molecule has 2 rings (SSSR count). The van der Waals surface area contributed by atoms with E-state index < -0.39 is 18.5 Å². The van der Waals surface area contributed by atoms with Gasteiger partial charge in [-0.2, -0.15) is 0 Å². The standard InChI is InChI=1S/C15H15NO6/c1-3-20-13-7-10(4-5-12(13)21-8-14(17)18)6-11-9(2)16-22-15(11)19/h4-7H,3,8H2,1-2H3,(H,17,18)/b11-6-. The fourth-order valence-electron chi connectivity index (χ4n) is 1.83. The fourth-order valence-corrected chi connectivity index (χ4v) is 1.83. The molecule has 1 N–H and O–H groups in total. The minimum absolute atomic E-state index is 0.325. The molecule has 7 nitrogen and oxygen atoms in total. The maximum absolute atomic E-state index is 11.5. The fraction of sp³-hybridized carbons (Fsp3) is 0.267. The zero-order valence-electron chi connectivity index (χ0n) is 12.2. The van der Waals surface area contributed by atoms with E-state index in [1.165, 1.54) is 0 Å². The van der Waals surface area contributed by atoms with E-state index in [-0.39, 0.29) is 0 Å². The number of rotatable bonds is 6. The summed E-state index contributed by atoms with van der Waals surface area (Å²) < 4.78 is 10.6. The molecular formula is C15H15NO6. The van der Waals surface area contributed by atoms with Crippen LogP contribution in [-0.2, 0) is 14.4 Å². The van der Waals surface area contributed by atoms with E-state index in [0.717, 1.165) is 0 Å². The van der Waals surface area contributed by atoms with Gasteiger partial charge in [0.05, 0.1) is 17.9 Å². The molecular weight excluding hydrogens is 290 g/mol. The van der Waals surface area contributed by atoms with Gasteiger partial charge in [-0.15, -0.1) is 0 Å². The Labute approximate surface area is 126 Å². The van der Waals surface area contributed by atoms with Gasteiger partial charge in [0, 0.05) is 0 Å². The molecule has 0 fully saturated rings. The van der Waals surface area contributed by atoms with Gasteiger partial charge in [0.15, 0.2) is 18.1 Å². The molecule has 1 aromatic rings. The lowest BCUT2D eigenvalue weighted by molar-refractivity contribution is -0.139. The predicted molar refractivity (Wildman–Crippen MR) is 77.9 cm³/mol. The number of carbonyl (C=O) groups is 2. The van der Waals surface area contributed by atoms with Crippen molar-refractivity contribution in [2.75, 3.05) is 13.2 Å². The number of carboxylic acids is 1. The van der Waals surface area contributed by atoms with Crippen LogP contribution >= 0.6 is 0 Å². The highest BCUT2D eigenvalue weighted by Gasteiger charge is 2.22. The van der Waals surface area contributed by atoms with Gasteiger partial charge >= 0.3 is 11.9 Å². The molecule has 0 amide bonds. The number of aliphatic carboxylic acids is 1. The molecule has 0 aromatic heterocycles. The molecule has 1 aromatic carbocycles.